The van der Waals surface area contributed by atoms with E-state index in [1.807, 2.05) is 24.3 Å². The number of hydrogen-bond acceptors (Lipinski definition) is 5. The van der Waals surface area contributed by atoms with Crippen LogP contribution in [0.1, 0.15) is 12.0 Å². The van der Waals surface area contributed by atoms with Crippen molar-refractivity contribution in [1.82, 2.24) is 4.98 Å². The third kappa shape index (κ3) is 4.83. The molecular weight excluding hydrogens is 367 g/mol. The number of benzene rings is 2. The van der Waals surface area contributed by atoms with Crippen molar-refractivity contribution in [3.8, 4) is 22.8 Å². The normalized spacial score (nSPS) is 10.5. The lowest BCUT2D eigenvalue weighted by Crippen LogP contribution is -2.12. The highest BCUT2D eigenvalue weighted by Gasteiger charge is 2.11. The maximum absolute atomic E-state index is 13.8. The Bertz CT molecular complexity index is 925. The number of amides is 1. The highest BCUT2D eigenvalue weighted by atomic mass is 32.1. The zero-order valence-corrected chi connectivity index (χ0v) is 15.8. The number of anilines is 1. The summed E-state index contributed by atoms with van der Waals surface area (Å²) in [5, 5.41) is 5.05. The van der Waals surface area contributed by atoms with Crippen LogP contribution in [0, 0.1) is 5.82 Å². The van der Waals surface area contributed by atoms with Crippen molar-refractivity contribution in [1.29, 1.82) is 0 Å². The number of ether oxygens (including phenoxy) is 2. The van der Waals surface area contributed by atoms with Gasteiger partial charge in [-0.05, 0) is 42.3 Å². The van der Waals surface area contributed by atoms with E-state index in [0.717, 1.165) is 11.3 Å². The molecule has 0 unspecified atom stereocenters. The van der Waals surface area contributed by atoms with Crippen molar-refractivity contribution in [2.45, 2.75) is 12.8 Å². The molecule has 2 aromatic carbocycles. The Morgan fingerprint density at radius 2 is 1.93 bits per heavy atom. The summed E-state index contributed by atoms with van der Waals surface area (Å²) in [7, 11) is 3.03. The molecule has 0 spiro atoms. The minimum absolute atomic E-state index is 0.118. The molecule has 1 aromatic heterocycles. The van der Waals surface area contributed by atoms with Gasteiger partial charge in [0.2, 0.25) is 5.91 Å². The smallest absolute Gasteiger partial charge is 0.226 e. The van der Waals surface area contributed by atoms with Gasteiger partial charge in [0.1, 0.15) is 5.75 Å². The molecule has 0 saturated heterocycles. The Kier molecular flexibility index (Phi) is 6.03. The topological polar surface area (TPSA) is 60.5 Å². The van der Waals surface area contributed by atoms with Crippen LogP contribution in [-0.2, 0) is 11.2 Å². The number of nitrogens with one attached hydrogen (secondary N) is 1. The molecule has 27 heavy (non-hydrogen) atoms. The Morgan fingerprint density at radius 1 is 1.15 bits per heavy atom. The van der Waals surface area contributed by atoms with E-state index >= 15 is 0 Å². The first kappa shape index (κ1) is 18.8. The lowest BCUT2D eigenvalue weighted by molar-refractivity contribution is -0.116. The number of hydrogen-bond donors (Lipinski definition) is 1. The standard InChI is InChI=1S/C20H19FN2O3S/c1-25-15-7-3-13(4-8-15)5-10-19(24)23-20-22-17(12-27-20)14-6-9-18(26-2)16(21)11-14/h3-4,6-9,11-12H,5,10H2,1-2H3,(H,22,23,24). The summed E-state index contributed by atoms with van der Waals surface area (Å²) in [6.45, 7) is 0. The second-order valence-corrected chi connectivity index (χ2v) is 6.64. The molecule has 0 atom stereocenters. The van der Waals surface area contributed by atoms with Gasteiger partial charge >= 0.3 is 0 Å². The van der Waals surface area contributed by atoms with Crippen molar-refractivity contribution < 1.29 is 18.7 Å². The third-order valence-electron chi connectivity index (χ3n) is 4.00. The number of halogens is 1. The Labute approximate surface area is 160 Å². The van der Waals surface area contributed by atoms with Gasteiger partial charge in [-0.1, -0.05) is 12.1 Å². The fourth-order valence-electron chi connectivity index (χ4n) is 2.52. The first-order valence-corrected chi connectivity index (χ1v) is 9.19. The average molecular weight is 386 g/mol. The second-order valence-electron chi connectivity index (χ2n) is 5.78. The molecule has 7 heteroatoms. The molecule has 1 heterocycles. The van der Waals surface area contributed by atoms with Gasteiger partial charge in [-0.25, -0.2) is 9.37 Å². The molecule has 3 rings (SSSR count). The summed E-state index contributed by atoms with van der Waals surface area (Å²) in [5.41, 5.74) is 2.29. The summed E-state index contributed by atoms with van der Waals surface area (Å²) in [5.74, 6) is 0.398. The molecule has 140 valence electrons. The number of methoxy groups -OCH3 is 2. The monoisotopic (exact) mass is 386 g/mol. The van der Waals surface area contributed by atoms with Crippen molar-refractivity contribution in [3.63, 3.8) is 0 Å². The molecule has 3 aromatic rings. The van der Waals surface area contributed by atoms with E-state index in [1.54, 1.807) is 24.6 Å². The van der Waals surface area contributed by atoms with E-state index in [2.05, 4.69) is 10.3 Å². The molecule has 5 nitrogen and oxygen atoms in total. The van der Waals surface area contributed by atoms with Gasteiger partial charge in [0.15, 0.2) is 16.7 Å². The molecule has 0 aliphatic carbocycles. The summed E-state index contributed by atoms with van der Waals surface area (Å²) in [4.78, 5) is 16.5. The van der Waals surface area contributed by atoms with Crippen LogP contribution in [0.15, 0.2) is 47.8 Å². The van der Waals surface area contributed by atoms with Crippen molar-refractivity contribution in [2.24, 2.45) is 0 Å². The van der Waals surface area contributed by atoms with Crippen LogP contribution >= 0.6 is 11.3 Å². The van der Waals surface area contributed by atoms with Gasteiger partial charge in [0.25, 0.3) is 0 Å². The van der Waals surface area contributed by atoms with Crippen molar-refractivity contribution >= 4 is 22.4 Å². The van der Waals surface area contributed by atoms with Gasteiger partial charge in [0, 0.05) is 17.4 Å². The molecule has 0 aliphatic rings. The summed E-state index contributed by atoms with van der Waals surface area (Å²) in [6.07, 6.45) is 0.968. The SMILES string of the molecule is COc1ccc(CCC(=O)Nc2nc(-c3ccc(OC)c(F)c3)cs2)cc1. The lowest BCUT2D eigenvalue weighted by atomic mass is 10.1. The van der Waals surface area contributed by atoms with Gasteiger partial charge in [-0.15, -0.1) is 11.3 Å². The molecule has 1 amide bonds. The van der Waals surface area contributed by atoms with Gasteiger partial charge in [-0.3, -0.25) is 4.79 Å². The van der Waals surface area contributed by atoms with Crippen LogP contribution in [0.3, 0.4) is 0 Å². The predicted molar refractivity (Wildman–Crippen MR) is 104 cm³/mol. The molecule has 0 aliphatic heterocycles. The van der Waals surface area contributed by atoms with Crippen LogP contribution in [-0.4, -0.2) is 25.1 Å². The van der Waals surface area contributed by atoms with Gasteiger partial charge < -0.3 is 14.8 Å². The van der Waals surface area contributed by atoms with E-state index in [4.69, 9.17) is 9.47 Å². The number of rotatable bonds is 7. The fraction of sp³-hybridized carbons (Fsp3) is 0.200. The van der Waals surface area contributed by atoms with Crippen LogP contribution in [0.25, 0.3) is 11.3 Å². The van der Waals surface area contributed by atoms with Crippen LogP contribution in [0.4, 0.5) is 9.52 Å². The zero-order valence-electron chi connectivity index (χ0n) is 15.0. The number of nitrogens with zero attached hydrogens (tertiary/aromatic N) is 1. The van der Waals surface area contributed by atoms with E-state index in [1.165, 1.54) is 24.5 Å². The number of carbonyl (C=O) groups excluding carboxylic acids is 1. The summed E-state index contributed by atoms with van der Waals surface area (Å²) in [6, 6.07) is 12.3. The van der Waals surface area contributed by atoms with Crippen molar-refractivity contribution in [3.05, 3.63) is 59.2 Å². The maximum Gasteiger partial charge on any atom is 0.226 e. The minimum atomic E-state index is -0.451. The zero-order chi connectivity index (χ0) is 19.2. The minimum Gasteiger partial charge on any atom is -0.497 e. The fourth-order valence-corrected chi connectivity index (χ4v) is 3.26. The van der Waals surface area contributed by atoms with Gasteiger partial charge in [0.05, 0.1) is 19.9 Å². The van der Waals surface area contributed by atoms with E-state index in [9.17, 15) is 9.18 Å². The summed E-state index contributed by atoms with van der Waals surface area (Å²) >= 11 is 1.30. The first-order chi connectivity index (χ1) is 13.1. The van der Waals surface area contributed by atoms with E-state index in [-0.39, 0.29) is 11.7 Å². The first-order valence-electron chi connectivity index (χ1n) is 8.31. The lowest BCUT2D eigenvalue weighted by Gasteiger charge is -2.04. The molecule has 0 saturated carbocycles. The predicted octanol–water partition coefficient (Wildman–Crippen LogP) is 4.54. The van der Waals surface area contributed by atoms with E-state index < -0.39 is 5.82 Å². The second kappa shape index (κ2) is 8.64. The Balaban J connectivity index is 1.58. The number of thiazole rings is 1. The number of carbonyl (C=O) groups is 1. The third-order valence-corrected chi connectivity index (χ3v) is 4.76. The maximum atomic E-state index is 13.8. The van der Waals surface area contributed by atoms with Crippen LogP contribution < -0.4 is 14.8 Å². The van der Waals surface area contributed by atoms with E-state index in [0.29, 0.717) is 29.2 Å². The highest BCUT2D eigenvalue weighted by Crippen LogP contribution is 2.28. The number of aromatic nitrogens is 1. The quantitative estimate of drug-likeness (QED) is 0.648. The molecule has 0 radical (unpaired) electrons. The molecule has 0 fully saturated rings. The average Bonchev–Trinajstić information content (AvgIpc) is 3.15. The van der Waals surface area contributed by atoms with Gasteiger partial charge in [-0.2, -0.15) is 0 Å². The molecule has 1 N–H and O–H groups in total. The Hall–Kier alpha value is -2.93. The van der Waals surface area contributed by atoms with Crippen LogP contribution in [0.2, 0.25) is 0 Å². The molecular formula is C20H19FN2O3S. The number of aryl methyl sites for hydroxylation is 1. The molecule has 0 bridgehead atoms. The highest BCUT2D eigenvalue weighted by molar-refractivity contribution is 7.14. The summed E-state index contributed by atoms with van der Waals surface area (Å²) < 4.78 is 23.9. The Morgan fingerprint density at radius 3 is 2.59 bits per heavy atom. The van der Waals surface area contributed by atoms with Crippen molar-refractivity contribution in [2.75, 3.05) is 19.5 Å². The largest absolute Gasteiger partial charge is 0.497 e. The van der Waals surface area contributed by atoms with Crippen LogP contribution in [0.5, 0.6) is 11.5 Å².